The zero-order valence-electron chi connectivity index (χ0n) is 11.8. The predicted octanol–water partition coefficient (Wildman–Crippen LogP) is 2.35. The van der Waals surface area contributed by atoms with Gasteiger partial charge in [-0.25, -0.2) is 0 Å². The zero-order valence-corrected chi connectivity index (χ0v) is 12.6. The van der Waals surface area contributed by atoms with Gasteiger partial charge in [0, 0.05) is 25.4 Å². The fourth-order valence-corrected chi connectivity index (χ4v) is 1.86. The first kappa shape index (κ1) is 15.3. The molecular weight excluding hydrogens is 294 g/mol. The number of hydrogen-bond donors (Lipinski definition) is 1. The third kappa shape index (κ3) is 4.21. The minimum Gasteiger partial charge on any atom is -0.489 e. The average molecular weight is 310 g/mol. The SMILES string of the molecule is COCCOc1ccc(Cl)cc1NC(=O)c1ccn(C)n1. The molecule has 0 atom stereocenters. The highest BCUT2D eigenvalue weighted by Crippen LogP contribution is 2.28. The van der Waals surface area contributed by atoms with E-state index < -0.39 is 0 Å². The van der Waals surface area contributed by atoms with E-state index in [-0.39, 0.29) is 5.91 Å². The van der Waals surface area contributed by atoms with E-state index in [1.807, 2.05) is 0 Å². The number of carbonyl (C=O) groups is 1. The minimum absolute atomic E-state index is 0.320. The smallest absolute Gasteiger partial charge is 0.276 e. The van der Waals surface area contributed by atoms with Gasteiger partial charge in [-0.3, -0.25) is 9.48 Å². The topological polar surface area (TPSA) is 65.4 Å². The summed E-state index contributed by atoms with van der Waals surface area (Å²) in [6.45, 7) is 0.834. The van der Waals surface area contributed by atoms with Gasteiger partial charge in [-0.2, -0.15) is 5.10 Å². The fraction of sp³-hybridized carbons (Fsp3) is 0.286. The van der Waals surface area contributed by atoms with Crippen molar-refractivity contribution in [3.8, 4) is 5.75 Å². The molecule has 1 heterocycles. The molecule has 2 aromatic rings. The number of halogens is 1. The quantitative estimate of drug-likeness (QED) is 0.832. The lowest BCUT2D eigenvalue weighted by atomic mass is 10.2. The van der Waals surface area contributed by atoms with Gasteiger partial charge in [-0.15, -0.1) is 0 Å². The molecule has 0 aliphatic rings. The molecule has 1 amide bonds. The van der Waals surface area contributed by atoms with Crippen molar-refractivity contribution < 1.29 is 14.3 Å². The molecule has 0 saturated carbocycles. The number of anilines is 1. The molecule has 7 heteroatoms. The van der Waals surface area contributed by atoms with Crippen LogP contribution in [-0.2, 0) is 11.8 Å². The van der Waals surface area contributed by atoms with Crippen LogP contribution in [0.4, 0.5) is 5.69 Å². The second kappa shape index (κ2) is 7.10. The van der Waals surface area contributed by atoms with Crippen molar-refractivity contribution in [2.45, 2.75) is 0 Å². The van der Waals surface area contributed by atoms with Crippen LogP contribution in [-0.4, -0.2) is 36.0 Å². The van der Waals surface area contributed by atoms with Crippen LogP contribution in [0.5, 0.6) is 5.75 Å². The van der Waals surface area contributed by atoms with Crippen molar-refractivity contribution in [1.29, 1.82) is 0 Å². The molecule has 0 saturated heterocycles. The van der Waals surface area contributed by atoms with Crippen LogP contribution in [0.2, 0.25) is 5.02 Å². The van der Waals surface area contributed by atoms with Crippen LogP contribution in [0.1, 0.15) is 10.5 Å². The van der Waals surface area contributed by atoms with E-state index in [0.717, 1.165) is 0 Å². The standard InChI is InChI=1S/C14H16ClN3O3/c1-18-6-5-11(17-18)14(19)16-12-9-10(15)3-4-13(12)21-8-7-20-2/h3-6,9H,7-8H2,1-2H3,(H,16,19). The van der Waals surface area contributed by atoms with Gasteiger partial charge in [0.1, 0.15) is 12.4 Å². The second-order valence-corrected chi connectivity index (χ2v) is 4.75. The Labute approximate surface area is 127 Å². The minimum atomic E-state index is -0.325. The van der Waals surface area contributed by atoms with Crippen molar-refractivity contribution in [3.05, 3.63) is 41.2 Å². The van der Waals surface area contributed by atoms with Gasteiger partial charge in [0.25, 0.3) is 5.91 Å². The van der Waals surface area contributed by atoms with Crippen LogP contribution < -0.4 is 10.1 Å². The molecule has 0 fully saturated rings. The van der Waals surface area contributed by atoms with Gasteiger partial charge in [0.2, 0.25) is 0 Å². The summed E-state index contributed by atoms with van der Waals surface area (Å²) in [7, 11) is 3.34. The fourth-order valence-electron chi connectivity index (χ4n) is 1.68. The lowest BCUT2D eigenvalue weighted by Crippen LogP contribution is -2.14. The maximum absolute atomic E-state index is 12.1. The summed E-state index contributed by atoms with van der Waals surface area (Å²) in [5, 5.41) is 7.29. The Kier molecular flexibility index (Phi) is 5.19. The van der Waals surface area contributed by atoms with Gasteiger partial charge in [0.05, 0.1) is 12.3 Å². The van der Waals surface area contributed by atoms with Crippen molar-refractivity contribution in [2.24, 2.45) is 7.05 Å². The Hall–Kier alpha value is -2.05. The Morgan fingerprint density at radius 3 is 2.86 bits per heavy atom. The zero-order chi connectivity index (χ0) is 15.2. The Morgan fingerprint density at radius 1 is 1.38 bits per heavy atom. The molecule has 0 spiro atoms. The molecule has 0 unspecified atom stereocenters. The highest BCUT2D eigenvalue weighted by molar-refractivity contribution is 6.31. The number of methoxy groups -OCH3 is 1. The number of nitrogens with zero attached hydrogens (tertiary/aromatic N) is 2. The average Bonchev–Trinajstić information content (AvgIpc) is 2.88. The number of aromatic nitrogens is 2. The molecule has 1 aromatic heterocycles. The van der Waals surface area contributed by atoms with Gasteiger partial charge < -0.3 is 14.8 Å². The molecule has 0 radical (unpaired) electrons. The van der Waals surface area contributed by atoms with E-state index in [9.17, 15) is 4.79 Å². The molecular formula is C14H16ClN3O3. The number of rotatable bonds is 6. The van der Waals surface area contributed by atoms with Gasteiger partial charge >= 0.3 is 0 Å². The van der Waals surface area contributed by atoms with Crippen molar-refractivity contribution >= 4 is 23.2 Å². The van der Waals surface area contributed by atoms with Gasteiger partial charge in [-0.05, 0) is 24.3 Å². The Morgan fingerprint density at radius 2 is 2.19 bits per heavy atom. The predicted molar refractivity (Wildman–Crippen MR) is 80.0 cm³/mol. The maximum Gasteiger partial charge on any atom is 0.276 e. The maximum atomic E-state index is 12.1. The summed E-state index contributed by atoms with van der Waals surface area (Å²) in [6.07, 6.45) is 1.70. The molecule has 2 rings (SSSR count). The second-order valence-electron chi connectivity index (χ2n) is 4.31. The van der Waals surface area contributed by atoms with Gasteiger partial charge in [-0.1, -0.05) is 11.6 Å². The normalized spacial score (nSPS) is 10.4. The summed E-state index contributed by atoms with van der Waals surface area (Å²) in [5.41, 5.74) is 0.814. The molecule has 1 aromatic carbocycles. The van der Waals surface area contributed by atoms with Crippen molar-refractivity contribution in [2.75, 3.05) is 25.6 Å². The van der Waals surface area contributed by atoms with Crippen LogP contribution in [0.15, 0.2) is 30.5 Å². The van der Waals surface area contributed by atoms with E-state index in [1.165, 1.54) is 0 Å². The number of amides is 1. The molecule has 1 N–H and O–H groups in total. The number of nitrogens with one attached hydrogen (secondary N) is 1. The largest absolute Gasteiger partial charge is 0.489 e. The molecule has 112 valence electrons. The third-order valence-corrected chi connectivity index (χ3v) is 2.92. The lowest BCUT2D eigenvalue weighted by Gasteiger charge is -2.12. The summed E-state index contributed by atoms with van der Waals surface area (Å²) in [5.74, 6) is 0.204. The molecule has 0 aliphatic carbocycles. The Bertz CT molecular complexity index is 628. The van der Waals surface area contributed by atoms with Crippen molar-refractivity contribution in [3.63, 3.8) is 0 Å². The number of hydrogen-bond acceptors (Lipinski definition) is 4. The summed E-state index contributed by atoms with van der Waals surface area (Å²) >= 11 is 5.96. The summed E-state index contributed by atoms with van der Waals surface area (Å²) in [6, 6.07) is 6.65. The molecule has 0 aliphatic heterocycles. The lowest BCUT2D eigenvalue weighted by molar-refractivity contribution is 0.102. The highest BCUT2D eigenvalue weighted by Gasteiger charge is 2.13. The van der Waals surface area contributed by atoms with E-state index in [2.05, 4.69) is 10.4 Å². The van der Waals surface area contributed by atoms with E-state index in [4.69, 9.17) is 21.1 Å². The highest BCUT2D eigenvalue weighted by atomic mass is 35.5. The monoisotopic (exact) mass is 309 g/mol. The Balaban J connectivity index is 2.13. The van der Waals surface area contributed by atoms with E-state index >= 15 is 0 Å². The first-order valence-electron chi connectivity index (χ1n) is 6.32. The van der Waals surface area contributed by atoms with Crippen molar-refractivity contribution in [1.82, 2.24) is 9.78 Å². The first-order valence-corrected chi connectivity index (χ1v) is 6.70. The molecule has 6 nitrogen and oxygen atoms in total. The summed E-state index contributed by atoms with van der Waals surface area (Å²) < 4.78 is 12.0. The van der Waals surface area contributed by atoms with E-state index in [0.29, 0.717) is 35.4 Å². The number of aryl methyl sites for hydroxylation is 1. The molecule has 21 heavy (non-hydrogen) atoms. The van der Waals surface area contributed by atoms with Crippen LogP contribution in [0.25, 0.3) is 0 Å². The van der Waals surface area contributed by atoms with Gasteiger partial charge in [0.15, 0.2) is 5.69 Å². The number of carbonyl (C=O) groups excluding carboxylic acids is 1. The molecule has 0 bridgehead atoms. The number of benzene rings is 1. The van der Waals surface area contributed by atoms with Crippen LogP contribution in [0.3, 0.4) is 0 Å². The van der Waals surface area contributed by atoms with E-state index in [1.54, 1.807) is 49.3 Å². The summed E-state index contributed by atoms with van der Waals surface area (Å²) in [4.78, 5) is 12.1. The van der Waals surface area contributed by atoms with Crippen LogP contribution in [0, 0.1) is 0 Å². The number of ether oxygens (including phenoxy) is 2. The third-order valence-electron chi connectivity index (χ3n) is 2.68. The van der Waals surface area contributed by atoms with Crippen LogP contribution >= 0.6 is 11.6 Å². The first-order chi connectivity index (χ1) is 10.1.